The Hall–Kier alpha value is -1.06. The lowest BCUT2D eigenvalue weighted by Gasteiger charge is -2.39. The molecule has 1 aromatic rings. The lowest BCUT2D eigenvalue weighted by molar-refractivity contribution is 0.0528. The smallest absolute Gasteiger partial charge is 0.318 e. The maximum Gasteiger partial charge on any atom is 0.318 e. The second-order valence-corrected chi connectivity index (χ2v) is 10.8. The number of hydrogen-bond acceptors (Lipinski definition) is 4. The van der Waals surface area contributed by atoms with Crippen LogP contribution in [0.15, 0.2) is 23.1 Å². The molecule has 0 saturated carbocycles. The number of nitrogens with zero attached hydrogens (tertiary/aromatic N) is 2. The summed E-state index contributed by atoms with van der Waals surface area (Å²) < 4.78 is 27.6. The molecule has 3 saturated heterocycles. The first-order chi connectivity index (χ1) is 13.8. The van der Waals surface area contributed by atoms with E-state index in [2.05, 4.69) is 5.32 Å². The maximum absolute atomic E-state index is 13.1. The molecular formula is C19H25Cl2N3O4S. The van der Waals surface area contributed by atoms with Crippen molar-refractivity contribution < 1.29 is 18.3 Å². The van der Waals surface area contributed by atoms with Gasteiger partial charge >= 0.3 is 6.03 Å². The molecule has 0 spiro atoms. The standard InChI is InChI=1S/C19H25Cl2N3O4S/c20-16-4-1-5-17(21)18(16)29(27,28)23-8-2-3-12(11-23)22-19(26)24-13-6-7-14(24)10-15(25)9-13/h1,4-5,12-15,25H,2-3,6-11H2,(H,22,26)/t12-,13?,14?,15?/m0/s1. The average Bonchev–Trinajstić information content (AvgIpc) is 2.93. The second-order valence-electron chi connectivity index (χ2n) is 8.12. The van der Waals surface area contributed by atoms with Gasteiger partial charge in [-0.25, -0.2) is 13.2 Å². The van der Waals surface area contributed by atoms with E-state index in [1.165, 1.54) is 16.4 Å². The van der Waals surface area contributed by atoms with Gasteiger partial charge in [0, 0.05) is 31.2 Å². The number of halogens is 2. The Kier molecular flexibility index (Phi) is 6.01. The molecule has 160 valence electrons. The third-order valence-corrected chi connectivity index (χ3v) is 8.99. The number of nitrogens with one attached hydrogen (secondary N) is 1. The summed E-state index contributed by atoms with van der Waals surface area (Å²) in [6.45, 7) is 0.541. The molecule has 4 rings (SSSR count). The first-order valence-corrected chi connectivity index (χ1v) is 12.2. The minimum Gasteiger partial charge on any atom is -0.393 e. The number of hydrogen-bond donors (Lipinski definition) is 2. The second kappa shape index (κ2) is 8.23. The molecule has 1 aromatic carbocycles. The van der Waals surface area contributed by atoms with Gasteiger partial charge in [-0.1, -0.05) is 29.3 Å². The van der Waals surface area contributed by atoms with Crippen LogP contribution in [0.2, 0.25) is 10.0 Å². The summed E-state index contributed by atoms with van der Waals surface area (Å²) in [5.74, 6) is 0. The molecule has 2 N–H and O–H groups in total. The van der Waals surface area contributed by atoms with Crippen molar-refractivity contribution in [2.24, 2.45) is 0 Å². The van der Waals surface area contributed by atoms with Crippen LogP contribution in [0.1, 0.15) is 38.5 Å². The number of aliphatic hydroxyl groups excluding tert-OH is 1. The highest BCUT2D eigenvalue weighted by Crippen LogP contribution is 2.36. The summed E-state index contributed by atoms with van der Waals surface area (Å²) in [6, 6.07) is 4.30. The van der Waals surface area contributed by atoms with Crippen LogP contribution < -0.4 is 5.32 Å². The van der Waals surface area contributed by atoms with Crippen LogP contribution in [-0.2, 0) is 10.0 Å². The van der Waals surface area contributed by atoms with Crippen LogP contribution >= 0.6 is 23.2 Å². The summed E-state index contributed by atoms with van der Waals surface area (Å²) in [4.78, 5) is 14.7. The summed E-state index contributed by atoms with van der Waals surface area (Å²) in [7, 11) is -3.86. The van der Waals surface area contributed by atoms with Gasteiger partial charge in [0.25, 0.3) is 0 Å². The molecule has 3 aliphatic heterocycles. The van der Waals surface area contributed by atoms with E-state index in [1.807, 2.05) is 4.90 Å². The molecule has 3 atom stereocenters. The quantitative estimate of drug-likeness (QED) is 0.723. The Balaban J connectivity index is 1.46. The van der Waals surface area contributed by atoms with Crippen molar-refractivity contribution in [3.63, 3.8) is 0 Å². The first kappa shape index (κ1) is 21.2. The predicted octanol–water partition coefficient (Wildman–Crippen LogP) is 2.84. The van der Waals surface area contributed by atoms with Gasteiger partial charge in [0.2, 0.25) is 10.0 Å². The Morgan fingerprint density at radius 3 is 2.34 bits per heavy atom. The van der Waals surface area contributed by atoms with Gasteiger partial charge in [-0.2, -0.15) is 4.31 Å². The van der Waals surface area contributed by atoms with Crippen molar-refractivity contribution in [1.82, 2.24) is 14.5 Å². The Morgan fingerprint density at radius 1 is 1.10 bits per heavy atom. The summed E-state index contributed by atoms with van der Waals surface area (Å²) in [5, 5.41) is 13.1. The number of benzene rings is 1. The van der Waals surface area contributed by atoms with E-state index in [4.69, 9.17) is 23.2 Å². The minimum atomic E-state index is -3.86. The van der Waals surface area contributed by atoms with E-state index in [-0.39, 0.29) is 51.7 Å². The summed E-state index contributed by atoms with van der Waals surface area (Å²) in [5.41, 5.74) is 0. The molecule has 29 heavy (non-hydrogen) atoms. The fourth-order valence-corrected chi connectivity index (χ4v) is 7.48. The molecule has 2 unspecified atom stereocenters. The third-order valence-electron chi connectivity index (χ3n) is 6.17. The van der Waals surface area contributed by atoms with Gasteiger partial charge in [-0.3, -0.25) is 0 Å². The minimum absolute atomic E-state index is 0.0640. The van der Waals surface area contributed by atoms with Gasteiger partial charge in [-0.05, 0) is 50.7 Å². The topological polar surface area (TPSA) is 90.0 Å². The normalized spacial score (nSPS) is 30.4. The zero-order valence-electron chi connectivity index (χ0n) is 15.9. The molecule has 0 aromatic heterocycles. The van der Waals surface area contributed by atoms with Crippen molar-refractivity contribution >= 4 is 39.3 Å². The van der Waals surface area contributed by atoms with Crippen LogP contribution in [0.25, 0.3) is 0 Å². The first-order valence-electron chi connectivity index (χ1n) is 9.98. The molecule has 2 bridgehead atoms. The number of urea groups is 1. The van der Waals surface area contributed by atoms with Crippen LogP contribution in [0.5, 0.6) is 0 Å². The van der Waals surface area contributed by atoms with E-state index in [9.17, 15) is 18.3 Å². The predicted molar refractivity (Wildman–Crippen MR) is 111 cm³/mol. The zero-order chi connectivity index (χ0) is 20.8. The molecule has 10 heteroatoms. The third kappa shape index (κ3) is 4.10. The Labute approximate surface area is 181 Å². The summed E-state index contributed by atoms with van der Waals surface area (Å²) in [6.07, 6.45) is 4.04. The average molecular weight is 462 g/mol. The van der Waals surface area contributed by atoms with E-state index in [0.29, 0.717) is 32.2 Å². The highest BCUT2D eigenvalue weighted by molar-refractivity contribution is 7.89. The van der Waals surface area contributed by atoms with E-state index >= 15 is 0 Å². The molecule has 7 nitrogen and oxygen atoms in total. The number of carbonyl (C=O) groups excluding carboxylic acids is 1. The number of aliphatic hydroxyl groups is 1. The fraction of sp³-hybridized carbons (Fsp3) is 0.632. The van der Waals surface area contributed by atoms with Crippen molar-refractivity contribution in [1.29, 1.82) is 0 Å². The molecule has 0 aliphatic carbocycles. The lowest BCUT2D eigenvalue weighted by Crippen LogP contribution is -2.57. The van der Waals surface area contributed by atoms with E-state index in [0.717, 1.165) is 12.8 Å². The Bertz CT molecular complexity index is 863. The molecule has 3 heterocycles. The largest absolute Gasteiger partial charge is 0.393 e. The zero-order valence-corrected chi connectivity index (χ0v) is 18.3. The van der Waals surface area contributed by atoms with Crippen LogP contribution in [0.3, 0.4) is 0 Å². The number of carbonyl (C=O) groups is 1. The molecule has 2 amide bonds. The molecule has 3 fully saturated rings. The van der Waals surface area contributed by atoms with Crippen molar-refractivity contribution in [2.75, 3.05) is 13.1 Å². The van der Waals surface area contributed by atoms with E-state index < -0.39 is 10.0 Å². The summed E-state index contributed by atoms with van der Waals surface area (Å²) >= 11 is 12.2. The Morgan fingerprint density at radius 2 is 1.72 bits per heavy atom. The molecular weight excluding hydrogens is 437 g/mol. The van der Waals surface area contributed by atoms with Crippen molar-refractivity contribution in [3.05, 3.63) is 28.2 Å². The van der Waals surface area contributed by atoms with Gasteiger partial charge in [0.1, 0.15) is 4.90 Å². The number of fused-ring (bicyclic) bond motifs is 2. The number of sulfonamides is 1. The van der Waals surface area contributed by atoms with Gasteiger partial charge in [-0.15, -0.1) is 0 Å². The fourth-order valence-electron chi connectivity index (χ4n) is 4.87. The molecule has 3 aliphatic rings. The molecule has 0 radical (unpaired) electrons. The van der Waals surface area contributed by atoms with E-state index in [1.54, 1.807) is 6.07 Å². The van der Waals surface area contributed by atoms with Crippen molar-refractivity contribution in [3.8, 4) is 0 Å². The van der Waals surface area contributed by atoms with Gasteiger partial charge in [0.05, 0.1) is 16.1 Å². The highest BCUT2D eigenvalue weighted by atomic mass is 35.5. The van der Waals surface area contributed by atoms with Crippen LogP contribution in [-0.4, -0.2) is 66.1 Å². The lowest BCUT2D eigenvalue weighted by atomic mass is 10.0. The monoisotopic (exact) mass is 461 g/mol. The van der Waals surface area contributed by atoms with Crippen LogP contribution in [0, 0.1) is 0 Å². The SMILES string of the molecule is O=C(N[C@H]1CCCN(S(=O)(=O)c2c(Cl)cccc2Cl)C1)N1C2CCC1CC(O)C2. The number of amides is 2. The number of piperidine rings is 2. The van der Waals surface area contributed by atoms with Crippen LogP contribution in [0.4, 0.5) is 4.79 Å². The van der Waals surface area contributed by atoms with Crippen molar-refractivity contribution in [2.45, 2.75) is 67.6 Å². The number of rotatable bonds is 3. The maximum atomic E-state index is 13.1. The van der Waals surface area contributed by atoms with Gasteiger partial charge < -0.3 is 15.3 Å². The van der Waals surface area contributed by atoms with Gasteiger partial charge in [0.15, 0.2) is 0 Å². The highest BCUT2D eigenvalue weighted by Gasteiger charge is 2.43.